The third kappa shape index (κ3) is 2.97. The molecular formula is C14H14N3O3+. The number of aromatic nitrogens is 1. The number of nitrogens with one attached hydrogen (secondary N) is 1. The van der Waals surface area contributed by atoms with Gasteiger partial charge in [-0.25, -0.2) is 0 Å². The van der Waals surface area contributed by atoms with Crippen LogP contribution < -0.4 is 10.1 Å². The molecule has 0 saturated carbocycles. The van der Waals surface area contributed by atoms with E-state index in [1.165, 1.54) is 16.8 Å². The van der Waals surface area contributed by atoms with Crippen LogP contribution >= 0.6 is 0 Å². The molecule has 102 valence electrons. The maximum atomic E-state index is 12.2. The van der Waals surface area contributed by atoms with Crippen molar-refractivity contribution < 1.29 is 14.4 Å². The van der Waals surface area contributed by atoms with Crippen LogP contribution in [0.5, 0.6) is 0 Å². The van der Waals surface area contributed by atoms with Gasteiger partial charge in [0, 0.05) is 17.7 Å². The Balaban J connectivity index is 2.34. The van der Waals surface area contributed by atoms with Gasteiger partial charge in [-0.15, -0.1) is 5.43 Å². The zero-order valence-corrected chi connectivity index (χ0v) is 11.2. The molecule has 2 rings (SSSR count). The number of hydrogen-bond acceptors (Lipinski definition) is 3. The fraction of sp³-hybridized carbons (Fsp3) is 0.143. The molecule has 20 heavy (non-hydrogen) atoms. The molecule has 6 heteroatoms. The molecule has 0 bridgehead atoms. The number of rotatable bonds is 3. The maximum absolute atomic E-state index is 12.2. The number of hydrogen-bond donors (Lipinski definition) is 1. The smallest absolute Gasteiger partial charge is 0.263 e. The van der Waals surface area contributed by atoms with Gasteiger partial charge in [0.05, 0.1) is 4.92 Å². The number of nitro groups is 1. The fourth-order valence-electron chi connectivity index (χ4n) is 1.83. The number of nitrogens with zero attached hydrogens (tertiary/aromatic N) is 2. The summed E-state index contributed by atoms with van der Waals surface area (Å²) in [4.78, 5) is 22.6. The van der Waals surface area contributed by atoms with Gasteiger partial charge >= 0.3 is 5.91 Å². The Morgan fingerprint density at radius 2 is 2.00 bits per heavy atom. The van der Waals surface area contributed by atoms with Gasteiger partial charge in [0.25, 0.3) is 5.69 Å². The van der Waals surface area contributed by atoms with Gasteiger partial charge in [0.15, 0.2) is 6.20 Å². The first-order valence-electron chi connectivity index (χ1n) is 6.01. The fourth-order valence-corrected chi connectivity index (χ4v) is 1.83. The average Bonchev–Trinajstić information content (AvgIpc) is 2.38. The monoisotopic (exact) mass is 272 g/mol. The summed E-state index contributed by atoms with van der Waals surface area (Å²) < 4.78 is 1.48. The van der Waals surface area contributed by atoms with E-state index in [9.17, 15) is 14.9 Å². The van der Waals surface area contributed by atoms with Gasteiger partial charge in [-0.2, -0.15) is 0 Å². The molecule has 0 aliphatic heterocycles. The highest BCUT2D eigenvalue weighted by Gasteiger charge is 2.22. The molecule has 2 aromatic rings. The van der Waals surface area contributed by atoms with Gasteiger partial charge in [0.1, 0.15) is 5.56 Å². The minimum atomic E-state index is -0.560. The van der Waals surface area contributed by atoms with Crippen LogP contribution in [0.2, 0.25) is 0 Å². The Morgan fingerprint density at radius 1 is 1.25 bits per heavy atom. The molecule has 0 radical (unpaired) electrons. The lowest BCUT2D eigenvalue weighted by Crippen LogP contribution is -2.48. The Bertz CT molecular complexity index is 683. The van der Waals surface area contributed by atoms with E-state index in [-0.39, 0.29) is 11.3 Å². The summed E-state index contributed by atoms with van der Waals surface area (Å²) in [6, 6.07) is 8.11. The number of nitro benzene ring substituents is 1. The number of aryl methyl sites for hydroxylation is 2. The summed E-state index contributed by atoms with van der Waals surface area (Å²) >= 11 is 0. The largest absolute Gasteiger partial charge is 0.312 e. The van der Waals surface area contributed by atoms with Crippen molar-refractivity contribution in [1.82, 2.24) is 0 Å². The quantitative estimate of drug-likeness (QED) is 0.526. The highest BCUT2D eigenvalue weighted by Crippen LogP contribution is 2.19. The molecule has 1 N–H and O–H groups in total. The minimum Gasteiger partial charge on any atom is -0.263 e. The molecule has 1 heterocycles. The lowest BCUT2D eigenvalue weighted by atomic mass is 10.1. The Kier molecular flexibility index (Phi) is 3.74. The number of carbonyl (C=O) groups is 1. The molecule has 1 aromatic heterocycles. The van der Waals surface area contributed by atoms with E-state index in [0.717, 1.165) is 11.1 Å². The van der Waals surface area contributed by atoms with E-state index in [2.05, 4.69) is 5.43 Å². The van der Waals surface area contributed by atoms with E-state index < -0.39 is 10.8 Å². The number of pyridine rings is 1. The molecule has 0 fully saturated rings. The molecule has 1 aromatic carbocycles. The van der Waals surface area contributed by atoms with Crippen molar-refractivity contribution in [3.63, 3.8) is 0 Å². The highest BCUT2D eigenvalue weighted by atomic mass is 16.6. The van der Waals surface area contributed by atoms with Crippen molar-refractivity contribution in [2.45, 2.75) is 13.8 Å². The van der Waals surface area contributed by atoms with Crippen molar-refractivity contribution in [2.24, 2.45) is 0 Å². The van der Waals surface area contributed by atoms with Crippen molar-refractivity contribution in [1.29, 1.82) is 0 Å². The molecule has 0 spiro atoms. The highest BCUT2D eigenvalue weighted by molar-refractivity contribution is 6.02. The Morgan fingerprint density at radius 3 is 2.65 bits per heavy atom. The second-order valence-corrected chi connectivity index (χ2v) is 4.51. The van der Waals surface area contributed by atoms with Crippen molar-refractivity contribution in [3.8, 4) is 0 Å². The standard InChI is InChI=1S/C14H13N3O3/c1-10-5-6-13(17(19)20)12(8-10)14(18)15-16-7-3-4-11(2)9-16/h3-9H,1-2H3/p+1. The summed E-state index contributed by atoms with van der Waals surface area (Å²) in [6.45, 7) is 3.66. The van der Waals surface area contributed by atoms with Gasteiger partial charge < -0.3 is 0 Å². The summed E-state index contributed by atoms with van der Waals surface area (Å²) in [5.74, 6) is -0.518. The van der Waals surface area contributed by atoms with Gasteiger partial charge in [-0.3, -0.25) is 14.9 Å². The molecule has 0 atom stereocenters. The Hall–Kier alpha value is -2.76. The third-order valence-corrected chi connectivity index (χ3v) is 2.77. The van der Waals surface area contributed by atoms with Crippen molar-refractivity contribution >= 4 is 11.6 Å². The predicted octanol–water partition coefficient (Wildman–Crippen LogP) is 1.88. The van der Waals surface area contributed by atoms with E-state index in [1.54, 1.807) is 31.5 Å². The summed E-state index contributed by atoms with van der Waals surface area (Å²) in [5, 5.41) is 11.0. The van der Waals surface area contributed by atoms with Crippen LogP contribution in [0, 0.1) is 24.0 Å². The molecule has 0 aliphatic carbocycles. The second-order valence-electron chi connectivity index (χ2n) is 4.51. The third-order valence-electron chi connectivity index (χ3n) is 2.77. The minimum absolute atomic E-state index is 0.0454. The van der Waals surface area contributed by atoms with E-state index in [0.29, 0.717) is 0 Å². The van der Waals surface area contributed by atoms with Crippen molar-refractivity contribution in [3.05, 3.63) is 69.5 Å². The van der Waals surface area contributed by atoms with Crippen molar-refractivity contribution in [2.75, 3.05) is 5.43 Å². The summed E-state index contributed by atoms with van der Waals surface area (Å²) in [6.07, 6.45) is 3.38. The molecular weight excluding hydrogens is 258 g/mol. The van der Waals surface area contributed by atoms with Gasteiger partial charge in [0.2, 0.25) is 6.20 Å². The van der Waals surface area contributed by atoms with Crippen LogP contribution in [0.1, 0.15) is 21.5 Å². The second kappa shape index (κ2) is 5.48. The molecule has 0 aliphatic rings. The van der Waals surface area contributed by atoms with E-state index in [4.69, 9.17) is 0 Å². The normalized spacial score (nSPS) is 10.1. The molecule has 1 amide bonds. The van der Waals surface area contributed by atoms with Crippen LogP contribution in [0.3, 0.4) is 0 Å². The number of benzene rings is 1. The first-order chi connectivity index (χ1) is 9.47. The topological polar surface area (TPSA) is 76.1 Å². The Labute approximate surface area is 115 Å². The van der Waals surface area contributed by atoms with Crippen LogP contribution in [-0.4, -0.2) is 10.8 Å². The van der Waals surface area contributed by atoms with E-state index >= 15 is 0 Å². The van der Waals surface area contributed by atoms with Crippen LogP contribution in [-0.2, 0) is 0 Å². The van der Waals surface area contributed by atoms with Crippen LogP contribution in [0.25, 0.3) is 0 Å². The van der Waals surface area contributed by atoms with Crippen LogP contribution in [0.4, 0.5) is 5.69 Å². The predicted molar refractivity (Wildman–Crippen MR) is 72.9 cm³/mol. The molecule has 0 saturated heterocycles. The number of amides is 1. The zero-order valence-electron chi connectivity index (χ0n) is 11.2. The van der Waals surface area contributed by atoms with Gasteiger partial charge in [-0.05, 0) is 31.5 Å². The lowest BCUT2D eigenvalue weighted by molar-refractivity contribution is -0.641. The lowest BCUT2D eigenvalue weighted by Gasteiger charge is -2.03. The maximum Gasteiger partial charge on any atom is 0.312 e. The first-order valence-corrected chi connectivity index (χ1v) is 6.01. The zero-order chi connectivity index (χ0) is 14.7. The van der Waals surface area contributed by atoms with Crippen LogP contribution in [0.15, 0.2) is 42.7 Å². The molecule has 6 nitrogen and oxygen atoms in total. The van der Waals surface area contributed by atoms with Gasteiger partial charge in [-0.1, -0.05) is 10.7 Å². The summed E-state index contributed by atoms with van der Waals surface area (Å²) in [7, 11) is 0. The average molecular weight is 272 g/mol. The number of carbonyl (C=O) groups excluding carboxylic acids is 1. The SMILES string of the molecule is Cc1ccc([N+](=O)[O-])c(C(=O)N[n+]2cccc(C)c2)c1. The molecule has 0 unspecified atom stereocenters. The first kappa shape index (κ1) is 13.7. The van der Waals surface area contributed by atoms with E-state index in [1.807, 2.05) is 13.0 Å². The summed E-state index contributed by atoms with van der Waals surface area (Å²) in [5.41, 5.74) is 4.18.